The Bertz CT molecular complexity index is 1650. The Morgan fingerprint density at radius 3 is 2.17 bits per heavy atom. The smallest absolute Gasteiger partial charge is 0.337 e. The van der Waals surface area contributed by atoms with Crippen molar-refractivity contribution in [2.45, 2.75) is 144 Å². The zero-order valence-corrected chi connectivity index (χ0v) is 34.4. The summed E-state index contributed by atoms with van der Waals surface area (Å²) in [4.78, 5) is 32.8. The van der Waals surface area contributed by atoms with Gasteiger partial charge in [-0.2, -0.15) is 0 Å². The molecule has 0 N–H and O–H groups in total. The number of hydrogen-bond donors (Lipinski definition) is 0. The highest BCUT2D eigenvalue weighted by Gasteiger charge is 2.73. The number of benzene rings is 1. The second-order valence-electron chi connectivity index (χ2n) is 21.6. The molecule has 2 saturated heterocycles. The molecule has 9 rings (SSSR count). The average molecular weight is 723 g/mol. The van der Waals surface area contributed by atoms with Gasteiger partial charge in [0.05, 0.1) is 18.1 Å². The SMILES string of the molecule is COC(=O)c1ccc(C2=CC[C@]3(C)C4CC[C@@H]5C6[C@H](C7(C)CC7)CC[C@]6(C(=O)N6CCC[C@H]6CN6CCCC6)CC[C@@]5(C)[C@]4(C)CC[C@H]3C2(C)C)cc1. The summed E-state index contributed by atoms with van der Waals surface area (Å²) >= 11 is 0. The molecule has 2 unspecified atom stereocenters. The first kappa shape index (κ1) is 36.5. The standard InChI is InChI=1S/C48H70N2O3/c1-43(2)35(32-12-14-33(15-13-32)41(51)53-7)18-21-45(4)38(43)20-22-47(6)39(45)17-16-37-40-36(44(3)24-25-44)19-23-48(40,27-26-46(37,47)5)42(52)50-30-10-11-34(50)31-49-28-8-9-29-49/h12-15,18,34,36-40H,8-11,16-17,19-31H2,1-7H3/t34-,36+,37+,38-,39?,40?,45-,46+,47+,48-/m0/s1. The van der Waals surface area contributed by atoms with Crippen molar-refractivity contribution in [1.82, 2.24) is 9.80 Å². The van der Waals surface area contributed by atoms with Crippen LogP contribution < -0.4 is 0 Å². The van der Waals surface area contributed by atoms with Crippen molar-refractivity contribution in [3.05, 3.63) is 41.5 Å². The highest BCUT2D eigenvalue weighted by molar-refractivity contribution is 5.90. The van der Waals surface area contributed by atoms with Gasteiger partial charge in [0.25, 0.3) is 0 Å². The van der Waals surface area contributed by atoms with E-state index in [1.165, 1.54) is 108 Å². The van der Waals surface area contributed by atoms with Gasteiger partial charge in [-0.3, -0.25) is 4.79 Å². The molecule has 0 spiro atoms. The topological polar surface area (TPSA) is 49.9 Å². The highest BCUT2D eigenvalue weighted by atomic mass is 16.5. The van der Waals surface area contributed by atoms with E-state index in [1.54, 1.807) is 0 Å². The number of fused-ring (bicyclic) bond motifs is 7. The molecule has 2 aliphatic heterocycles. The number of carbonyl (C=O) groups excluding carboxylic acids is 2. The van der Waals surface area contributed by atoms with Gasteiger partial charge in [-0.15, -0.1) is 0 Å². The van der Waals surface area contributed by atoms with Gasteiger partial charge in [-0.05, 0) is 189 Å². The minimum absolute atomic E-state index is 0.0471. The summed E-state index contributed by atoms with van der Waals surface area (Å²) in [5, 5.41) is 0. The third kappa shape index (κ3) is 5.15. The van der Waals surface area contributed by atoms with Crippen LogP contribution in [0.25, 0.3) is 5.57 Å². The summed E-state index contributed by atoms with van der Waals surface area (Å²) < 4.78 is 4.99. The van der Waals surface area contributed by atoms with Crippen molar-refractivity contribution < 1.29 is 14.3 Å². The number of ether oxygens (including phenoxy) is 1. The lowest BCUT2D eigenvalue weighted by atomic mass is 9.32. The second kappa shape index (κ2) is 12.4. The van der Waals surface area contributed by atoms with E-state index in [0.29, 0.717) is 52.5 Å². The predicted octanol–water partition coefficient (Wildman–Crippen LogP) is 10.4. The maximum Gasteiger partial charge on any atom is 0.337 e. The van der Waals surface area contributed by atoms with Crippen molar-refractivity contribution in [2.75, 3.05) is 33.3 Å². The fourth-order valence-corrected chi connectivity index (χ4v) is 16.2. The first-order valence-corrected chi connectivity index (χ1v) is 22.1. The van der Waals surface area contributed by atoms with Gasteiger partial charge in [-0.25, -0.2) is 4.79 Å². The van der Waals surface area contributed by atoms with Crippen molar-refractivity contribution in [3.8, 4) is 0 Å². The fraction of sp³-hybridized carbons (Fsp3) is 0.792. The number of amides is 1. The van der Waals surface area contributed by atoms with Crippen molar-refractivity contribution in [1.29, 1.82) is 0 Å². The first-order valence-electron chi connectivity index (χ1n) is 22.1. The van der Waals surface area contributed by atoms with Crippen LogP contribution in [0, 0.1) is 62.1 Å². The highest BCUT2D eigenvalue weighted by Crippen LogP contribution is 2.79. The fourth-order valence-electron chi connectivity index (χ4n) is 16.2. The minimum atomic E-state index is -0.270. The number of allylic oxidation sites excluding steroid dienone is 2. The van der Waals surface area contributed by atoms with Crippen LogP contribution in [0.5, 0.6) is 0 Å². The molecule has 10 atom stereocenters. The van der Waals surface area contributed by atoms with Gasteiger partial charge in [0.2, 0.25) is 5.91 Å². The van der Waals surface area contributed by atoms with Crippen LogP contribution in [0.4, 0.5) is 0 Å². The van der Waals surface area contributed by atoms with Crippen LogP contribution in [0.1, 0.15) is 154 Å². The molecular formula is C48H70N2O3. The van der Waals surface area contributed by atoms with Crippen LogP contribution >= 0.6 is 0 Å². The van der Waals surface area contributed by atoms with Gasteiger partial charge in [-0.1, -0.05) is 59.8 Å². The summed E-state index contributed by atoms with van der Waals surface area (Å²) in [6.07, 6.45) is 21.6. The van der Waals surface area contributed by atoms with Crippen LogP contribution in [-0.2, 0) is 9.53 Å². The van der Waals surface area contributed by atoms with Gasteiger partial charge < -0.3 is 14.5 Å². The third-order valence-electron chi connectivity index (χ3n) is 19.3. The van der Waals surface area contributed by atoms with E-state index in [1.807, 2.05) is 12.1 Å². The number of likely N-dealkylation sites (tertiary alicyclic amines) is 2. The summed E-state index contributed by atoms with van der Waals surface area (Å²) in [5.74, 6) is 3.57. The maximum absolute atomic E-state index is 15.4. The Hall–Kier alpha value is -2.14. The molecule has 5 heteroatoms. The van der Waals surface area contributed by atoms with Crippen molar-refractivity contribution in [3.63, 3.8) is 0 Å². The van der Waals surface area contributed by atoms with E-state index >= 15 is 4.79 Å². The normalized spacial score (nSPS) is 44.0. The Balaban J connectivity index is 1.03. The van der Waals surface area contributed by atoms with Gasteiger partial charge >= 0.3 is 5.97 Å². The lowest BCUT2D eigenvalue weighted by Gasteiger charge is -2.72. The maximum atomic E-state index is 15.4. The zero-order valence-electron chi connectivity index (χ0n) is 34.4. The lowest BCUT2D eigenvalue weighted by molar-refractivity contribution is -0.229. The van der Waals surface area contributed by atoms with E-state index in [0.717, 1.165) is 32.4 Å². The monoisotopic (exact) mass is 723 g/mol. The molecule has 6 aliphatic carbocycles. The second-order valence-corrected chi connectivity index (χ2v) is 21.6. The molecule has 7 fully saturated rings. The average Bonchev–Trinajstić information content (AvgIpc) is 3.52. The molecule has 290 valence electrons. The van der Waals surface area contributed by atoms with Crippen LogP contribution in [0.15, 0.2) is 30.3 Å². The molecule has 0 aromatic heterocycles. The van der Waals surface area contributed by atoms with Crippen LogP contribution in [0.2, 0.25) is 0 Å². The van der Waals surface area contributed by atoms with Gasteiger partial charge in [0, 0.05) is 19.1 Å². The van der Waals surface area contributed by atoms with E-state index < -0.39 is 0 Å². The van der Waals surface area contributed by atoms with Crippen LogP contribution in [0.3, 0.4) is 0 Å². The Kier molecular flexibility index (Phi) is 8.56. The molecule has 1 aromatic carbocycles. The van der Waals surface area contributed by atoms with Crippen molar-refractivity contribution >= 4 is 17.4 Å². The Morgan fingerprint density at radius 1 is 0.736 bits per heavy atom. The summed E-state index contributed by atoms with van der Waals surface area (Å²) in [6, 6.07) is 8.60. The largest absolute Gasteiger partial charge is 0.465 e. The number of esters is 1. The van der Waals surface area contributed by atoms with E-state index in [4.69, 9.17) is 4.74 Å². The van der Waals surface area contributed by atoms with E-state index in [9.17, 15) is 4.79 Å². The minimum Gasteiger partial charge on any atom is -0.465 e. The lowest BCUT2D eigenvalue weighted by Crippen LogP contribution is -2.66. The van der Waals surface area contributed by atoms with Crippen molar-refractivity contribution in [2.24, 2.45) is 62.1 Å². The Labute approximate surface area is 321 Å². The molecule has 0 bridgehead atoms. The summed E-state index contributed by atoms with van der Waals surface area (Å²) in [5.41, 5.74) is 4.50. The summed E-state index contributed by atoms with van der Waals surface area (Å²) in [6.45, 7) is 20.4. The van der Waals surface area contributed by atoms with Crippen LogP contribution in [-0.4, -0.2) is 61.0 Å². The molecule has 0 radical (unpaired) electrons. The molecule has 53 heavy (non-hydrogen) atoms. The molecule has 1 aromatic rings. The van der Waals surface area contributed by atoms with Gasteiger partial charge in [0.1, 0.15) is 0 Å². The number of methoxy groups -OCH3 is 1. The molecule has 5 nitrogen and oxygen atoms in total. The van der Waals surface area contributed by atoms with E-state index in [2.05, 4.69) is 69.6 Å². The number of nitrogens with zero attached hydrogens (tertiary/aromatic N) is 2. The third-order valence-corrected chi connectivity index (χ3v) is 19.3. The molecule has 2 heterocycles. The molecular weight excluding hydrogens is 653 g/mol. The molecule has 1 amide bonds. The molecule has 8 aliphatic rings. The number of hydrogen-bond acceptors (Lipinski definition) is 4. The predicted molar refractivity (Wildman–Crippen MR) is 213 cm³/mol. The number of carbonyl (C=O) groups is 2. The number of rotatable bonds is 6. The summed E-state index contributed by atoms with van der Waals surface area (Å²) in [7, 11) is 1.46. The quantitative estimate of drug-likeness (QED) is 0.274. The molecule has 5 saturated carbocycles. The Morgan fingerprint density at radius 2 is 1.47 bits per heavy atom. The first-order chi connectivity index (χ1) is 25.2. The van der Waals surface area contributed by atoms with E-state index in [-0.39, 0.29) is 33.0 Å². The zero-order chi connectivity index (χ0) is 37.2. The van der Waals surface area contributed by atoms with Gasteiger partial charge in [0.15, 0.2) is 0 Å².